The minimum absolute atomic E-state index is 0.127. The number of likely N-dealkylation sites (tertiary alicyclic amines) is 1. The molecule has 2 heterocycles. The van der Waals surface area contributed by atoms with Gasteiger partial charge in [-0.25, -0.2) is 9.37 Å². The molecule has 0 bridgehead atoms. The molecule has 0 saturated carbocycles. The summed E-state index contributed by atoms with van der Waals surface area (Å²) in [6, 6.07) is 12.1. The Hall–Kier alpha value is -3.75. The summed E-state index contributed by atoms with van der Waals surface area (Å²) in [7, 11) is 0. The zero-order valence-corrected chi connectivity index (χ0v) is 19.1. The van der Waals surface area contributed by atoms with Crippen molar-refractivity contribution in [1.82, 2.24) is 20.2 Å². The maximum Gasteiger partial charge on any atom is 0.280 e. The highest BCUT2D eigenvalue weighted by atomic mass is 19.1. The smallest absolute Gasteiger partial charge is 0.280 e. The van der Waals surface area contributed by atoms with Crippen LogP contribution in [0.5, 0.6) is 5.75 Å². The number of benzene rings is 2. The van der Waals surface area contributed by atoms with E-state index in [0.29, 0.717) is 42.7 Å². The van der Waals surface area contributed by atoms with Gasteiger partial charge in [0.1, 0.15) is 23.7 Å². The molecule has 1 aliphatic heterocycles. The summed E-state index contributed by atoms with van der Waals surface area (Å²) in [5.41, 5.74) is 0.129. The molecule has 4 rings (SSSR count). The Labute approximate surface area is 196 Å². The third-order valence-corrected chi connectivity index (χ3v) is 5.89. The van der Waals surface area contributed by atoms with Crippen LogP contribution in [-0.2, 0) is 4.79 Å². The average Bonchev–Trinajstić information content (AvgIpc) is 2.82. The number of halogens is 1. The van der Waals surface area contributed by atoms with Crippen LogP contribution < -0.4 is 15.6 Å². The molecule has 1 aliphatic rings. The maximum absolute atomic E-state index is 13.4. The first-order valence-electron chi connectivity index (χ1n) is 11.3. The maximum atomic E-state index is 13.4. The predicted octanol–water partition coefficient (Wildman–Crippen LogP) is 2.89. The Balaban J connectivity index is 1.41. The lowest BCUT2D eigenvalue weighted by molar-refractivity contribution is -0.136. The molecule has 1 atom stereocenters. The van der Waals surface area contributed by atoms with Gasteiger partial charge in [-0.05, 0) is 30.2 Å². The second kappa shape index (κ2) is 10.0. The predicted molar refractivity (Wildman–Crippen MR) is 125 cm³/mol. The van der Waals surface area contributed by atoms with E-state index >= 15 is 0 Å². The standard InChI is InChI=1S/C25H27FN4O4/c1-15(2)21(29-24(32)22-23(31)28-20-9-4-3-8-19(20)27-22)25(33)30-12-10-17(11-13-30)34-18-7-5-6-16(26)14-18/h3-9,14-15,17,21H,10-13H2,1-2H3,(H,28,31)(H,29,32)/t21-/m0/s1. The van der Waals surface area contributed by atoms with Gasteiger partial charge in [0.15, 0.2) is 5.69 Å². The van der Waals surface area contributed by atoms with Crippen LogP contribution in [-0.4, -0.2) is 51.9 Å². The van der Waals surface area contributed by atoms with Gasteiger partial charge in [-0.15, -0.1) is 0 Å². The van der Waals surface area contributed by atoms with E-state index in [1.807, 2.05) is 13.8 Å². The molecule has 2 amide bonds. The number of rotatable bonds is 6. The van der Waals surface area contributed by atoms with Crippen molar-refractivity contribution >= 4 is 22.8 Å². The van der Waals surface area contributed by atoms with E-state index in [2.05, 4.69) is 15.3 Å². The largest absolute Gasteiger partial charge is 0.490 e. The van der Waals surface area contributed by atoms with Gasteiger partial charge < -0.3 is 19.9 Å². The monoisotopic (exact) mass is 466 g/mol. The molecule has 8 nitrogen and oxygen atoms in total. The van der Waals surface area contributed by atoms with Crippen molar-refractivity contribution in [2.75, 3.05) is 13.1 Å². The topological polar surface area (TPSA) is 104 Å². The molecule has 3 aromatic rings. The van der Waals surface area contributed by atoms with Gasteiger partial charge in [0.05, 0.1) is 11.0 Å². The first-order chi connectivity index (χ1) is 16.3. The highest BCUT2D eigenvalue weighted by Crippen LogP contribution is 2.21. The van der Waals surface area contributed by atoms with Gasteiger partial charge in [-0.1, -0.05) is 32.0 Å². The van der Waals surface area contributed by atoms with Crippen LogP contribution in [0, 0.1) is 11.7 Å². The zero-order valence-electron chi connectivity index (χ0n) is 19.1. The number of para-hydroxylation sites is 2. The highest BCUT2D eigenvalue weighted by molar-refractivity contribution is 5.97. The number of aromatic nitrogens is 2. The Morgan fingerprint density at radius 3 is 2.59 bits per heavy atom. The van der Waals surface area contributed by atoms with Crippen molar-refractivity contribution < 1.29 is 18.7 Å². The summed E-state index contributed by atoms with van der Waals surface area (Å²) in [6.07, 6.45) is 1.05. The van der Waals surface area contributed by atoms with Crippen LogP contribution in [0.3, 0.4) is 0 Å². The molecule has 0 spiro atoms. The summed E-state index contributed by atoms with van der Waals surface area (Å²) >= 11 is 0. The van der Waals surface area contributed by atoms with Crippen molar-refractivity contribution in [3.05, 3.63) is 70.4 Å². The Kier molecular flexibility index (Phi) is 6.90. The first kappa shape index (κ1) is 23.4. The molecule has 178 valence electrons. The molecule has 1 saturated heterocycles. The van der Waals surface area contributed by atoms with Crippen molar-refractivity contribution in [3.8, 4) is 5.75 Å². The Morgan fingerprint density at radius 1 is 1.15 bits per heavy atom. The van der Waals surface area contributed by atoms with E-state index < -0.39 is 17.5 Å². The van der Waals surface area contributed by atoms with Crippen molar-refractivity contribution in [1.29, 1.82) is 0 Å². The van der Waals surface area contributed by atoms with Crippen molar-refractivity contribution in [3.63, 3.8) is 0 Å². The molecule has 2 aromatic carbocycles. The van der Waals surface area contributed by atoms with Crippen LogP contribution in [0.25, 0.3) is 11.0 Å². The average molecular weight is 467 g/mol. The summed E-state index contributed by atoms with van der Waals surface area (Å²) in [4.78, 5) is 47.0. The number of amides is 2. The van der Waals surface area contributed by atoms with E-state index in [4.69, 9.17) is 4.74 Å². The number of aromatic amines is 1. The molecule has 1 fully saturated rings. The number of H-pyrrole nitrogens is 1. The van der Waals surface area contributed by atoms with Crippen molar-refractivity contribution in [2.45, 2.75) is 38.8 Å². The number of piperidine rings is 1. The third-order valence-electron chi connectivity index (χ3n) is 5.89. The molecule has 0 unspecified atom stereocenters. The number of fused-ring (bicyclic) bond motifs is 1. The molecule has 0 aliphatic carbocycles. The molecule has 2 N–H and O–H groups in total. The van der Waals surface area contributed by atoms with Crippen LogP contribution in [0.4, 0.5) is 4.39 Å². The summed E-state index contributed by atoms with van der Waals surface area (Å²) < 4.78 is 19.2. The number of carbonyl (C=O) groups excluding carboxylic acids is 2. The fourth-order valence-electron chi connectivity index (χ4n) is 4.03. The van der Waals surface area contributed by atoms with E-state index in [-0.39, 0.29) is 29.4 Å². The number of nitrogens with zero attached hydrogens (tertiary/aromatic N) is 2. The Morgan fingerprint density at radius 2 is 1.88 bits per heavy atom. The number of ether oxygens (including phenoxy) is 1. The van der Waals surface area contributed by atoms with Gasteiger partial charge in [0, 0.05) is 32.0 Å². The molecule has 0 radical (unpaired) electrons. The van der Waals surface area contributed by atoms with Crippen LogP contribution in [0.15, 0.2) is 53.3 Å². The Bertz CT molecular complexity index is 1250. The van der Waals surface area contributed by atoms with Gasteiger partial charge >= 0.3 is 0 Å². The first-order valence-corrected chi connectivity index (χ1v) is 11.3. The third kappa shape index (κ3) is 5.24. The lowest BCUT2D eigenvalue weighted by Crippen LogP contribution is -2.54. The van der Waals surface area contributed by atoms with Crippen LogP contribution >= 0.6 is 0 Å². The molecule has 9 heteroatoms. The highest BCUT2D eigenvalue weighted by Gasteiger charge is 2.32. The summed E-state index contributed by atoms with van der Waals surface area (Å²) in [5, 5.41) is 2.71. The molecule has 1 aromatic heterocycles. The number of carbonyl (C=O) groups is 2. The lowest BCUT2D eigenvalue weighted by Gasteiger charge is -2.35. The lowest BCUT2D eigenvalue weighted by atomic mass is 10.00. The van der Waals surface area contributed by atoms with Crippen LogP contribution in [0.2, 0.25) is 0 Å². The quantitative estimate of drug-likeness (QED) is 0.581. The van der Waals surface area contributed by atoms with E-state index in [1.54, 1.807) is 41.3 Å². The second-order valence-electron chi connectivity index (χ2n) is 8.73. The minimum Gasteiger partial charge on any atom is -0.490 e. The second-order valence-corrected chi connectivity index (χ2v) is 8.73. The molecular weight excluding hydrogens is 439 g/mol. The van der Waals surface area contributed by atoms with Gasteiger partial charge in [0.2, 0.25) is 5.91 Å². The van der Waals surface area contributed by atoms with Crippen LogP contribution in [0.1, 0.15) is 37.2 Å². The number of nitrogens with one attached hydrogen (secondary N) is 2. The molecular formula is C25H27FN4O4. The normalized spacial score (nSPS) is 15.4. The van der Waals surface area contributed by atoms with E-state index in [1.165, 1.54) is 12.1 Å². The summed E-state index contributed by atoms with van der Waals surface area (Å²) in [6.45, 7) is 4.57. The van der Waals surface area contributed by atoms with Crippen molar-refractivity contribution in [2.24, 2.45) is 5.92 Å². The van der Waals surface area contributed by atoms with Gasteiger partial charge in [0.25, 0.3) is 11.5 Å². The summed E-state index contributed by atoms with van der Waals surface area (Å²) in [5.74, 6) is -1.00. The fraction of sp³-hybridized carbons (Fsp3) is 0.360. The number of hydrogen-bond acceptors (Lipinski definition) is 5. The van der Waals surface area contributed by atoms with Gasteiger partial charge in [-0.3, -0.25) is 14.4 Å². The SMILES string of the molecule is CC(C)[C@H](NC(=O)c1nc2ccccc2[nH]c1=O)C(=O)N1CCC(Oc2cccc(F)c2)CC1. The zero-order chi connectivity index (χ0) is 24.2. The van der Waals surface area contributed by atoms with E-state index in [0.717, 1.165) is 0 Å². The minimum atomic E-state index is -0.805. The fourth-order valence-corrected chi connectivity index (χ4v) is 4.03. The van der Waals surface area contributed by atoms with Gasteiger partial charge in [-0.2, -0.15) is 0 Å². The van der Waals surface area contributed by atoms with E-state index in [9.17, 15) is 18.8 Å². The molecule has 34 heavy (non-hydrogen) atoms. The number of hydrogen-bond donors (Lipinski definition) is 2.